The van der Waals surface area contributed by atoms with Crippen molar-refractivity contribution in [3.8, 4) is 5.75 Å². The Hall–Kier alpha value is -1.55. The first-order valence-electron chi connectivity index (χ1n) is 6.76. The van der Waals surface area contributed by atoms with Crippen molar-refractivity contribution in [3.63, 3.8) is 0 Å². The topological polar surface area (TPSA) is 64.4 Å². The molecule has 0 atom stereocenters. The van der Waals surface area contributed by atoms with Gasteiger partial charge in [-0.3, -0.25) is 4.79 Å². The van der Waals surface area contributed by atoms with Crippen LogP contribution in [-0.2, 0) is 16.6 Å². The minimum absolute atomic E-state index is 0.0358. The Labute approximate surface area is 114 Å². The maximum absolute atomic E-state index is 11.3. The Morgan fingerprint density at radius 1 is 1.47 bits per heavy atom. The van der Waals surface area contributed by atoms with Crippen LogP contribution in [0.2, 0.25) is 0 Å². The van der Waals surface area contributed by atoms with Gasteiger partial charge in [-0.15, -0.1) is 0 Å². The molecule has 0 saturated heterocycles. The first-order chi connectivity index (χ1) is 9.03. The van der Waals surface area contributed by atoms with Crippen LogP contribution in [0.1, 0.15) is 31.4 Å². The van der Waals surface area contributed by atoms with Crippen LogP contribution in [0, 0.1) is 0 Å². The number of hydrogen-bond acceptors (Lipinski definition) is 3. The van der Waals surface area contributed by atoms with Crippen LogP contribution in [0.15, 0.2) is 18.2 Å². The fraction of sp³-hybridized carbons (Fsp3) is 0.533. The third kappa shape index (κ3) is 3.26. The normalized spacial score (nSPS) is 14.5. The molecule has 0 aliphatic carbocycles. The van der Waals surface area contributed by atoms with Gasteiger partial charge in [0, 0.05) is 12.0 Å². The number of carbonyl (C=O) groups excluding carboxylic acids is 1. The summed E-state index contributed by atoms with van der Waals surface area (Å²) >= 11 is 0. The van der Waals surface area contributed by atoms with Gasteiger partial charge in [-0.25, -0.2) is 0 Å². The Balaban J connectivity index is 2.13. The molecule has 0 saturated carbocycles. The molecule has 0 aromatic heterocycles. The summed E-state index contributed by atoms with van der Waals surface area (Å²) in [7, 11) is 0. The van der Waals surface area contributed by atoms with Crippen LogP contribution in [0.3, 0.4) is 0 Å². The van der Waals surface area contributed by atoms with Gasteiger partial charge in [0.1, 0.15) is 5.75 Å². The number of carbonyl (C=O) groups is 1. The number of amides is 1. The second-order valence-corrected chi connectivity index (χ2v) is 5.64. The molecule has 0 radical (unpaired) electrons. The zero-order valence-corrected chi connectivity index (χ0v) is 11.7. The highest BCUT2D eigenvalue weighted by atomic mass is 16.5. The lowest BCUT2D eigenvalue weighted by atomic mass is 9.83. The lowest BCUT2D eigenvalue weighted by Gasteiger charge is -2.27. The van der Waals surface area contributed by atoms with Crippen molar-refractivity contribution in [1.82, 2.24) is 5.32 Å². The summed E-state index contributed by atoms with van der Waals surface area (Å²) in [6.07, 6.45) is 2.13. The largest absolute Gasteiger partial charge is 0.493 e. The Morgan fingerprint density at radius 2 is 2.26 bits per heavy atom. The van der Waals surface area contributed by atoms with Crippen LogP contribution >= 0.6 is 0 Å². The van der Waals surface area contributed by atoms with Gasteiger partial charge >= 0.3 is 0 Å². The Morgan fingerprint density at radius 3 is 3.00 bits per heavy atom. The maximum atomic E-state index is 11.3. The summed E-state index contributed by atoms with van der Waals surface area (Å²) in [5.41, 5.74) is 7.67. The first-order valence-corrected chi connectivity index (χ1v) is 6.76. The Bertz CT molecular complexity index is 469. The number of rotatable bonds is 4. The molecular formula is C15H22N2O2. The molecule has 1 aliphatic heterocycles. The fourth-order valence-corrected chi connectivity index (χ4v) is 2.28. The van der Waals surface area contributed by atoms with Gasteiger partial charge in [0.25, 0.3) is 0 Å². The van der Waals surface area contributed by atoms with Crippen molar-refractivity contribution in [2.45, 2.75) is 32.1 Å². The van der Waals surface area contributed by atoms with Crippen LogP contribution in [0.25, 0.3) is 0 Å². The van der Waals surface area contributed by atoms with Gasteiger partial charge in [0.05, 0.1) is 13.2 Å². The summed E-state index contributed by atoms with van der Waals surface area (Å²) in [4.78, 5) is 11.3. The van der Waals surface area contributed by atoms with E-state index in [1.807, 2.05) is 6.07 Å². The van der Waals surface area contributed by atoms with E-state index >= 15 is 0 Å². The molecule has 1 aromatic rings. The van der Waals surface area contributed by atoms with E-state index in [1.54, 1.807) is 0 Å². The predicted octanol–water partition coefficient (Wildman–Crippen LogP) is 1.36. The quantitative estimate of drug-likeness (QED) is 0.861. The van der Waals surface area contributed by atoms with Gasteiger partial charge in [-0.2, -0.15) is 0 Å². The van der Waals surface area contributed by atoms with Crippen LogP contribution < -0.4 is 15.8 Å². The van der Waals surface area contributed by atoms with Crippen molar-refractivity contribution < 1.29 is 9.53 Å². The second kappa shape index (κ2) is 5.61. The maximum Gasteiger partial charge on any atom is 0.233 e. The zero-order chi connectivity index (χ0) is 13.9. The van der Waals surface area contributed by atoms with E-state index in [9.17, 15) is 4.79 Å². The highest BCUT2D eigenvalue weighted by molar-refractivity contribution is 5.77. The molecule has 0 spiro atoms. The molecule has 1 aromatic carbocycles. The summed E-state index contributed by atoms with van der Waals surface area (Å²) in [6.45, 7) is 5.67. The van der Waals surface area contributed by atoms with E-state index < -0.39 is 0 Å². The highest BCUT2D eigenvalue weighted by Gasteiger charge is 2.23. The van der Waals surface area contributed by atoms with Crippen molar-refractivity contribution in [3.05, 3.63) is 29.3 Å². The van der Waals surface area contributed by atoms with Crippen molar-refractivity contribution in [2.24, 2.45) is 5.73 Å². The van der Waals surface area contributed by atoms with E-state index in [-0.39, 0.29) is 17.9 Å². The minimum atomic E-state index is -0.116. The molecule has 0 fully saturated rings. The standard InChI is InChI=1S/C15H22N2O2/c1-15(2,10-17-14(18)9-16)12-5-6-13-11(8-12)4-3-7-19-13/h5-6,8H,3-4,7,9-10,16H2,1-2H3,(H,17,18). The smallest absolute Gasteiger partial charge is 0.233 e. The third-order valence-electron chi connectivity index (χ3n) is 3.60. The molecule has 2 rings (SSSR count). The monoisotopic (exact) mass is 262 g/mol. The summed E-state index contributed by atoms with van der Waals surface area (Å²) in [5.74, 6) is 0.881. The number of fused-ring (bicyclic) bond motifs is 1. The molecule has 4 nitrogen and oxygen atoms in total. The SMILES string of the molecule is CC(C)(CNC(=O)CN)c1ccc2c(c1)CCCO2. The number of ether oxygens (including phenoxy) is 1. The third-order valence-corrected chi connectivity index (χ3v) is 3.60. The minimum Gasteiger partial charge on any atom is -0.493 e. The van der Waals surface area contributed by atoms with Crippen molar-refractivity contribution >= 4 is 5.91 Å². The molecule has 4 heteroatoms. The average Bonchev–Trinajstić information content (AvgIpc) is 2.44. The van der Waals surface area contributed by atoms with Gasteiger partial charge in [-0.1, -0.05) is 26.0 Å². The van der Waals surface area contributed by atoms with E-state index in [2.05, 4.69) is 31.3 Å². The van der Waals surface area contributed by atoms with Crippen molar-refractivity contribution in [2.75, 3.05) is 19.7 Å². The molecule has 0 bridgehead atoms. The zero-order valence-electron chi connectivity index (χ0n) is 11.7. The van der Waals surface area contributed by atoms with E-state index in [0.29, 0.717) is 6.54 Å². The van der Waals surface area contributed by atoms with Crippen LogP contribution in [0.4, 0.5) is 0 Å². The first kappa shape index (κ1) is 13.9. The molecule has 1 aliphatic rings. The van der Waals surface area contributed by atoms with Gasteiger partial charge in [-0.05, 0) is 30.0 Å². The van der Waals surface area contributed by atoms with E-state index in [0.717, 1.165) is 25.2 Å². The summed E-state index contributed by atoms with van der Waals surface area (Å²) < 4.78 is 5.62. The second-order valence-electron chi connectivity index (χ2n) is 5.64. The highest BCUT2D eigenvalue weighted by Crippen LogP contribution is 2.30. The number of nitrogens with one attached hydrogen (secondary N) is 1. The molecule has 0 unspecified atom stereocenters. The molecule has 3 N–H and O–H groups in total. The van der Waals surface area contributed by atoms with Crippen molar-refractivity contribution in [1.29, 1.82) is 0 Å². The lowest BCUT2D eigenvalue weighted by Crippen LogP contribution is -2.39. The van der Waals surface area contributed by atoms with Gasteiger partial charge < -0.3 is 15.8 Å². The van der Waals surface area contributed by atoms with E-state index in [1.165, 1.54) is 11.1 Å². The average molecular weight is 262 g/mol. The summed E-state index contributed by atoms with van der Waals surface area (Å²) in [6, 6.07) is 6.32. The van der Waals surface area contributed by atoms with Crippen LogP contribution in [0.5, 0.6) is 5.75 Å². The predicted molar refractivity (Wildman–Crippen MR) is 75.3 cm³/mol. The molecule has 19 heavy (non-hydrogen) atoms. The summed E-state index contributed by atoms with van der Waals surface area (Å²) in [5, 5.41) is 2.86. The Kier molecular flexibility index (Phi) is 4.10. The van der Waals surface area contributed by atoms with E-state index in [4.69, 9.17) is 10.5 Å². The lowest BCUT2D eigenvalue weighted by molar-refractivity contribution is -0.119. The number of nitrogens with two attached hydrogens (primary N) is 1. The van der Waals surface area contributed by atoms with Crippen LogP contribution in [-0.4, -0.2) is 25.6 Å². The molecule has 104 valence electrons. The number of benzene rings is 1. The number of hydrogen-bond donors (Lipinski definition) is 2. The molecule has 1 amide bonds. The fourth-order valence-electron chi connectivity index (χ4n) is 2.28. The van der Waals surface area contributed by atoms with Gasteiger partial charge in [0.15, 0.2) is 0 Å². The number of aryl methyl sites for hydroxylation is 1. The molecular weight excluding hydrogens is 240 g/mol. The molecule has 1 heterocycles. The van der Waals surface area contributed by atoms with Gasteiger partial charge in [0.2, 0.25) is 5.91 Å².